The molecule has 3 rings (SSSR count). The first kappa shape index (κ1) is 36.0. The van der Waals surface area contributed by atoms with Crippen molar-refractivity contribution < 1.29 is 38.6 Å². The molecule has 2 aromatic rings. The van der Waals surface area contributed by atoms with Gasteiger partial charge in [-0.2, -0.15) is 0 Å². The maximum Gasteiger partial charge on any atom is 0.407 e. The summed E-state index contributed by atoms with van der Waals surface area (Å²) in [4.78, 5) is 64.1. The molecule has 4 amide bonds. The van der Waals surface area contributed by atoms with Gasteiger partial charge in [0.2, 0.25) is 17.7 Å². The summed E-state index contributed by atoms with van der Waals surface area (Å²) in [5, 5.41) is 18.9. The molecule has 13 nitrogen and oxygen atoms in total. The van der Waals surface area contributed by atoms with Crippen molar-refractivity contribution in [1.29, 1.82) is 0 Å². The smallest absolute Gasteiger partial charge is 0.407 e. The number of aliphatic carboxylic acids is 1. The van der Waals surface area contributed by atoms with Crippen LogP contribution in [0.4, 0.5) is 4.79 Å². The van der Waals surface area contributed by atoms with Crippen LogP contribution in [0.3, 0.4) is 0 Å². The fourth-order valence-electron chi connectivity index (χ4n) is 5.23. The van der Waals surface area contributed by atoms with Crippen molar-refractivity contribution in [1.82, 2.24) is 26.2 Å². The Morgan fingerprint density at radius 3 is 2.09 bits per heavy atom. The molecule has 0 fully saturated rings. The molecule has 5 N–H and O–H groups in total. The van der Waals surface area contributed by atoms with Crippen LogP contribution < -0.4 is 21.3 Å². The van der Waals surface area contributed by atoms with Gasteiger partial charge in [-0.25, -0.2) is 9.59 Å². The molecule has 0 aromatic heterocycles. The summed E-state index contributed by atoms with van der Waals surface area (Å²) in [7, 11) is 3.87. The lowest BCUT2D eigenvalue weighted by molar-refractivity contribution is -0.143. The lowest BCUT2D eigenvalue weighted by atomic mass is 9.98. The average Bonchev–Trinajstić information content (AvgIpc) is 3.34. The molecule has 0 saturated heterocycles. The second-order valence-electron chi connectivity index (χ2n) is 11.8. The first-order chi connectivity index (χ1) is 22.0. The predicted octanol–water partition coefficient (Wildman–Crippen LogP) is 2.06. The number of nitrogens with one attached hydrogen (secondary N) is 4. The Bertz CT molecular complexity index is 1320. The van der Waals surface area contributed by atoms with Gasteiger partial charge in [-0.15, -0.1) is 0 Å². The van der Waals surface area contributed by atoms with Gasteiger partial charge in [0.1, 0.15) is 32.0 Å². The molecule has 250 valence electrons. The summed E-state index contributed by atoms with van der Waals surface area (Å²) >= 11 is 0. The lowest BCUT2D eigenvalue weighted by Crippen LogP contribution is -2.56. The van der Waals surface area contributed by atoms with E-state index in [-0.39, 0.29) is 25.2 Å². The number of ether oxygens (including phenoxy) is 2. The molecule has 0 heterocycles. The summed E-state index contributed by atoms with van der Waals surface area (Å²) in [6, 6.07) is 14.0. The number of carbonyl (C=O) groups is 5. The lowest BCUT2D eigenvalue weighted by Gasteiger charge is -2.25. The Morgan fingerprint density at radius 1 is 0.870 bits per heavy atom. The van der Waals surface area contributed by atoms with E-state index in [9.17, 15) is 24.0 Å². The van der Waals surface area contributed by atoms with Crippen molar-refractivity contribution in [2.75, 3.05) is 47.1 Å². The highest BCUT2D eigenvalue weighted by molar-refractivity contribution is 5.93. The van der Waals surface area contributed by atoms with Gasteiger partial charge in [0.15, 0.2) is 0 Å². The molecule has 0 radical (unpaired) electrons. The van der Waals surface area contributed by atoms with Crippen LogP contribution in [-0.4, -0.2) is 99.0 Å². The Labute approximate surface area is 269 Å². The van der Waals surface area contributed by atoms with Gasteiger partial charge >= 0.3 is 12.1 Å². The standard InChI is InChI=1S/C33H45N5O8/c1-21(2)30(37-33(44)46-18-26-24-13-7-5-11-22(24)23-12-6-8-14-25(23)26)32(43)36-27(15-9-10-16-38(3)4)31(42)34-17-28(39)35-20-45-19-29(40)41/h5-8,11-14,21,26-27,30H,9-10,15-20H2,1-4H3,(H,34,42)(H,35,39)(H,36,43)(H,37,44)(H,40,41)/t27-,30-/m0/s1. The number of amides is 4. The summed E-state index contributed by atoms with van der Waals surface area (Å²) in [6.07, 6.45) is 0.965. The number of unbranched alkanes of at least 4 members (excludes halogenated alkanes) is 1. The van der Waals surface area contributed by atoms with Crippen molar-refractivity contribution in [2.45, 2.75) is 51.1 Å². The monoisotopic (exact) mass is 639 g/mol. The van der Waals surface area contributed by atoms with Crippen LogP contribution in [0.1, 0.15) is 50.2 Å². The van der Waals surface area contributed by atoms with E-state index in [4.69, 9.17) is 14.6 Å². The highest BCUT2D eigenvalue weighted by Crippen LogP contribution is 2.44. The minimum Gasteiger partial charge on any atom is -0.480 e. The maximum absolute atomic E-state index is 13.4. The summed E-state index contributed by atoms with van der Waals surface area (Å²) in [6.45, 7) is 3.13. The van der Waals surface area contributed by atoms with Gasteiger partial charge in [0, 0.05) is 5.92 Å². The second-order valence-corrected chi connectivity index (χ2v) is 11.8. The van der Waals surface area contributed by atoms with Gasteiger partial charge in [-0.05, 0) is 68.1 Å². The van der Waals surface area contributed by atoms with Crippen LogP contribution in [0.25, 0.3) is 11.1 Å². The highest BCUT2D eigenvalue weighted by atomic mass is 16.5. The molecule has 1 aliphatic rings. The number of alkyl carbamates (subject to hydrolysis) is 1. The molecular formula is C33H45N5O8. The largest absolute Gasteiger partial charge is 0.480 e. The zero-order valence-corrected chi connectivity index (χ0v) is 26.8. The first-order valence-electron chi connectivity index (χ1n) is 15.4. The molecular weight excluding hydrogens is 594 g/mol. The van der Waals surface area contributed by atoms with E-state index in [2.05, 4.69) is 21.3 Å². The van der Waals surface area contributed by atoms with E-state index in [1.807, 2.05) is 67.5 Å². The number of carboxylic acid groups (broad SMARTS) is 1. The Morgan fingerprint density at radius 2 is 1.50 bits per heavy atom. The van der Waals surface area contributed by atoms with E-state index in [1.165, 1.54) is 0 Å². The minimum absolute atomic E-state index is 0.0899. The topological polar surface area (TPSA) is 175 Å². The van der Waals surface area contributed by atoms with Crippen LogP contribution in [0, 0.1) is 5.92 Å². The third kappa shape index (κ3) is 10.8. The molecule has 0 aliphatic heterocycles. The van der Waals surface area contributed by atoms with Crippen molar-refractivity contribution >= 4 is 29.8 Å². The van der Waals surface area contributed by atoms with Crippen LogP contribution in [0.15, 0.2) is 48.5 Å². The summed E-state index contributed by atoms with van der Waals surface area (Å²) < 4.78 is 10.4. The zero-order chi connectivity index (χ0) is 33.6. The minimum atomic E-state index is -1.18. The second kappa shape index (κ2) is 17.9. The molecule has 1 aliphatic carbocycles. The van der Waals surface area contributed by atoms with Crippen molar-refractivity contribution in [3.8, 4) is 11.1 Å². The molecule has 0 spiro atoms. The van der Waals surface area contributed by atoms with E-state index in [1.54, 1.807) is 13.8 Å². The normalized spacial score (nSPS) is 13.3. The molecule has 2 atom stereocenters. The Balaban J connectivity index is 1.59. The third-order valence-electron chi connectivity index (χ3n) is 7.57. The zero-order valence-electron chi connectivity index (χ0n) is 26.8. The van der Waals surface area contributed by atoms with Gasteiger partial charge in [-0.3, -0.25) is 14.4 Å². The van der Waals surface area contributed by atoms with Crippen molar-refractivity contribution in [3.05, 3.63) is 59.7 Å². The molecule has 0 unspecified atom stereocenters. The molecule has 13 heteroatoms. The van der Waals surface area contributed by atoms with E-state index < -0.39 is 55.0 Å². The van der Waals surface area contributed by atoms with Crippen LogP contribution in [0.2, 0.25) is 0 Å². The summed E-state index contributed by atoms with van der Waals surface area (Å²) in [5.41, 5.74) is 4.34. The number of benzene rings is 2. The van der Waals surface area contributed by atoms with E-state index in [0.717, 1.165) is 35.2 Å². The fraction of sp³-hybridized carbons (Fsp3) is 0.485. The fourth-order valence-corrected chi connectivity index (χ4v) is 5.23. The van der Waals surface area contributed by atoms with Crippen molar-refractivity contribution in [3.63, 3.8) is 0 Å². The van der Waals surface area contributed by atoms with Crippen LogP contribution in [0.5, 0.6) is 0 Å². The number of carboxylic acids is 1. The number of hydrogen-bond acceptors (Lipinski definition) is 8. The number of hydrogen-bond donors (Lipinski definition) is 5. The van der Waals surface area contributed by atoms with Crippen LogP contribution in [-0.2, 0) is 28.7 Å². The number of nitrogens with zero attached hydrogens (tertiary/aromatic N) is 1. The average molecular weight is 640 g/mol. The van der Waals surface area contributed by atoms with Gasteiger partial charge in [0.25, 0.3) is 0 Å². The number of rotatable bonds is 18. The first-order valence-corrected chi connectivity index (χ1v) is 15.4. The van der Waals surface area contributed by atoms with E-state index >= 15 is 0 Å². The summed E-state index contributed by atoms with van der Waals surface area (Å²) in [5.74, 6) is -3.35. The molecule has 2 aromatic carbocycles. The molecule has 0 saturated carbocycles. The van der Waals surface area contributed by atoms with Gasteiger partial charge < -0.3 is 40.7 Å². The van der Waals surface area contributed by atoms with Crippen molar-refractivity contribution in [2.24, 2.45) is 5.92 Å². The third-order valence-corrected chi connectivity index (χ3v) is 7.57. The maximum atomic E-state index is 13.4. The SMILES string of the molecule is CC(C)[C@H](NC(=O)OCC1c2ccccc2-c2ccccc21)C(=O)N[C@@H](CCCCN(C)C)C(=O)NCC(=O)NCOCC(=O)O. The van der Waals surface area contributed by atoms with Crippen LogP contribution >= 0.6 is 0 Å². The Hall–Kier alpha value is -4.49. The van der Waals surface area contributed by atoms with Gasteiger partial charge in [-0.1, -0.05) is 62.4 Å². The predicted molar refractivity (Wildman–Crippen MR) is 171 cm³/mol. The number of carbonyl (C=O) groups excluding carboxylic acids is 4. The van der Waals surface area contributed by atoms with E-state index in [0.29, 0.717) is 12.8 Å². The van der Waals surface area contributed by atoms with Gasteiger partial charge in [0.05, 0.1) is 6.54 Å². The quantitative estimate of drug-likeness (QED) is 0.121. The highest BCUT2D eigenvalue weighted by Gasteiger charge is 2.32. The Kier molecular flexibility index (Phi) is 14.0. The molecule has 0 bridgehead atoms. The molecule has 46 heavy (non-hydrogen) atoms. The number of fused-ring (bicyclic) bond motifs is 3.